The number of imide groups is 1. The molecular weight excluding hydrogens is 280 g/mol. The minimum Gasteiger partial charge on any atom is -0.378 e. The van der Waals surface area contributed by atoms with E-state index in [0.717, 1.165) is 12.8 Å². The zero-order valence-electron chi connectivity index (χ0n) is 14.1. The molecule has 0 atom stereocenters. The molecule has 0 aliphatic carbocycles. The molecule has 0 bridgehead atoms. The molecule has 22 heavy (non-hydrogen) atoms. The standard InChI is InChI=1S/C17H32N2O3/c1-2-3-4-5-6-7-8-9-10-11-16(20)18-17(21)19-12-14-22-15-13-19/h2-15H2,1H3,(H,18,20,21). The first-order chi connectivity index (χ1) is 10.7. The molecule has 0 aromatic carbocycles. The van der Waals surface area contributed by atoms with Crippen LogP contribution in [0.2, 0.25) is 0 Å². The second-order valence-electron chi connectivity index (χ2n) is 6.03. The molecule has 1 aliphatic heterocycles. The van der Waals surface area contributed by atoms with Gasteiger partial charge in [0.05, 0.1) is 13.2 Å². The number of hydrogen-bond donors (Lipinski definition) is 1. The van der Waals surface area contributed by atoms with Crippen molar-refractivity contribution in [3.05, 3.63) is 0 Å². The fraction of sp³-hybridized carbons (Fsp3) is 0.882. The van der Waals surface area contributed by atoms with Crippen LogP contribution in [0.4, 0.5) is 4.79 Å². The summed E-state index contributed by atoms with van der Waals surface area (Å²) in [6, 6.07) is -0.274. The minimum atomic E-state index is -0.274. The zero-order valence-corrected chi connectivity index (χ0v) is 14.1. The number of nitrogens with zero attached hydrogens (tertiary/aromatic N) is 1. The molecule has 0 spiro atoms. The summed E-state index contributed by atoms with van der Waals surface area (Å²) in [5.74, 6) is -0.153. The lowest BCUT2D eigenvalue weighted by Gasteiger charge is -2.26. The number of carbonyl (C=O) groups excluding carboxylic acids is 2. The Labute approximate surface area is 134 Å². The molecule has 0 radical (unpaired) electrons. The van der Waals surface area contributed by atoms with Gasteiger partial charge in [0.25, 0.3) is 0 Å². The summed E-state index contributed by atoms with van der Waals surface area (Å²) in [5, 5.41) is 2.47. The smallest absolute Gasteiger partial charge is 0.324 e. The van der Waals surface area contributed by atoms with Crippen LogP contribution in [0.25, 0.3) is 0 Å². The van der Waals surface area contributed by atoms with Gasteiger partial charge in [-0.25, -0.2) is 4.79 Å². The third-order valence-corrected chi connectivity index (χ3v) is 4.05. The molecule has 1 saturated heterocycles. The molecule has 5 heteroatoms. The number of urea groups is 1. The predicted octanol–water partition coefficient (Wildman–Crippen LogP) is 3.48. The second kappa shape index (κ2) is 12.4. The van der Waals surface area contributed by atoms with Gasteiger partial charge in [-0.2, -0.15) is 0 Å². The average molecular weight is 312 g/mol. The van der Waals surface area contributed by atoms with E-state index in [1.165, 1.54) is 44.9 Å². The molecule has 1 fully saturated rings. The van der Waals surface area contributed by atoms with Crippen LogP contribution >= 0.6 is 0 Å². The molecule has 3 amide bonds. The second-order valence-corrected chi connectivity index (χ2v) is 6.03. The van der Waals surface area contributed by atoms with Crippen LogP contribution in [0.15, 0.2) is 0 Å². The largest absolute Gasteiger partial charge is 0.378 e. The Balaban J connectivity index is 1.93. The highest BCUT2D eigenvalue weighted by Crippen LogP contribution is 2.10. The van der Waals surface area contributed by atoms with Crippen LogP contribution in [-0.4, -0.2) is 43.1 Å². The lowest BCUT2D eigenvalue weighted by atomic mass is 10.1. The molecule has 0 aromatic rings. The normalized spacial score (nSPS) is 14.9. The van der Waals surface area contributed by atoms with Gasteiger partial charge < -0.3 is 9.64 Å². The number of ether oxygens (including phenoxy) is 1. The monoisotopic (exact) mass is 312 g/mol. The molecule has 1 N–H and O–H groups in total. The maximum atomic E-state index is 11.8. The Morgan fingerprint density at radius 2 is 1.45 bits per heavy atom. The number of hydrogen-bond acceptors (Lipinski definition) is 3. The van der Waals surface area contributed by atoms with Gasteiger partial charge in [-0.3, -0.25) is 10.1 Å². The highest BCUT2D eigenvalue weighted by molar-refractivity contribution is 5.94. The van der Waals surface area contributed by atoms with E-state index >= 15 is 0 Å². The van der Waals surface area contributed by atoms with Gasteiger partial charge in [0.2, 0.25) is 5.91 Å². The van der Waals surface area contributed by atoms with E-state index in [-0.39, 0.29) is 11.9 Å². The lowest BCUT2D eigenvalue weighted by molar-refractivity contribution is -0.120. The highest BCUT2D eigenvalue weighted by Gasteiger charge is 2.18. The van der Waals surface area contributed by atoms with E-state index in [2.05, 4.69) is 12.2 Å². The van der Waals surface area contributed by atoms with Crippen LogP contribution in [0, 0.1) is 0 Å². The quantitative estimate of drug-likeness (QED) is 0.628. The summed E-state index contributed by atoms with van der Waals surface area (Å²) in [4.78, 5) is 25.2. The van der Waals surface area contributed by atoms with Gasteiger partial charge in [-0.05, 0) is 6.42 Å². The summed E-state index contributed by atoms with van der Waals surface area (Å²) in [7, 11) is 0. The Morgan fingerprint density at radius 1 is 0.909 bits per heavy atom. The van der Waals surface area contributed by atoms with Crippen molar-refractivity contribution in [3.8, 4) is 0 Å². The van der Waals surface area contributed by atoms with Crippen LogP contribution in [0.5, 0.6) is 0 Å². The molecule has 5 nitrogen and oxygen atoms in total. The van der Waals surface area contributed by atoms with Crippen molar-refractivity contribution < 1.29 is 14.3 Å². The highest BCUT2D eigenvalue weighted by atomic mass is 16.5. The van der Waals surface area contributed by atoms with Crippen LogP contribution in [0.1, 0.15) is 71.1 Å². The molecule has 0 unspecified atom stereocenters. The Kier molecular flexibility index (Phi) is 10.7. The molecule has 0 saturated carbocycles. The third kappa shape index (κ3) is 9.03. The van der Waals surface area contributed by atoms with E-state index in [0.29, 0.717) is 32.7 Å². The Hall–Kier alpha value is -1.10. The first-order valence-electron chi connectivity index (χ1n) is 8.90. The van der Waals surface area contributed by atoms with Crippen LogP contribution < -0.4 is 5.32 Å². The topological polar surface area (TPSA) is 58.6 Å². The number of unbranched alkanes of at least 4 members (excludes halogenated alkanes) is 8. The van der Waals surface area contributed by atoms with E-state index in [4.69, 9.17) is 4.74 Å². The van der Waals surface area contributed by atoms with Gasteiger partial charge in [-0.15, -0.1) is 0 Å². The number of rotatable bonds is 10. The van der Waals surface area contributed by atoms with Crippen molar-refractivity contribution in [1.29, 1.82) is 0 Å². The Morgan fingerprint density at radius 3 is 2.05 bits per heavy atom. The summed E-state index contributed by atoms with van der Waals surface area (Å²) in [5.41, 5.74) is 0. The number of morpholine rings is 1. The van der Waals surface area contributed by atoms with Crippen molar-refractivity contribution in [2.24, 2.45) is 0 Å². The average Bonchev–Trinajstić information content (AvgIpc) is 2.54. The summed E-state index contributed by atoms with van der Waals surface area (Å²) >= 11 is 0. The molecule has 0 aromatic heterocycles. The van der Waals surface area contributed by atoms with Crippen molar-refractivity contribution in [2.75, 3.05) is 26.3 Å². The Bertz CT molecular complexity index is 315. The van der Waals surface area contributed by atoms with Gasteiger partial charge in [0.1, 0.15) is 0 Å². The number of carbonyl (C=O) groups is 2. The van der Waals surface area contributed by atoms with Crippen molar-refractivity contribution in [1.82, 2.24) is 10.2 Å². The maximum absolute atomic E-state index is 11.8. The van der Waals surface area contributed by atoms with Crippen molar-refractivity contribution >= 4 is 11.9 Å². The number of nitrogens with one attached hydrogen (secondary N) is 1. The van der Waals surface area contributed by atoms with E-state index in [9.17, 15) is 9.59 Å². The van der Waals surface area contributed by atoms with E-state index < -0.39 is 0 Å². The first kappa shape index (κ1) is 18.9. The lowest BCUT2D eigenvalue weighted by Crippen LogP contribution is -2.47. The molecule has 1 rings (SSSR count). The van der Waals surface area contributed by atoms with Crippen molar-refractivity contribution in [3.63, 3.8) is 0 Å². The van der Waals surface area contributed by atoms with Gasteiger partial charge >= 0.3 is 6.03 Å². The van der Waals surface area contributed by atoms with Crippen LogP contribution in [-0.2, 0) is 9.53 Å². The number of amides is 3. The maximum Gasteiger partial charge on any atom is 0.324 e. The van der Waals surface area contributed by atoms with E-state index in [1.54, 1.807) is 4.90 Å². The fourth-order valence-electron chi connectivity index (χ4n) is 2.62. The summed E-state index contributed by atoms with van der Waals surface area (Å²) < 4.78 is 5.18. The van der Waals surface area contributed by atoms with Gasteiger partial charge in [0.15, 0.2) is 0 Å². The van der Waals surface area contributed by atoms with Gasteiger partial charge in [0, 0.05) is 19.5 Å². The third-order valence-electron chi connectivity index (χ3n) is 4.05. The summed E-state index contributed by atoms with van der Waals surface area (Å²) in [6.07, 6.45) is 11.5. The summed E-state index contributed by atoms with van der Waals surface area (Å²) in [6.45, 7) is 4.48. The molecule has 128 valence electrons. The molecule has 1 aliphatic rings. The van der Waals surface area contributed by atoms with E-state index in [1.807, 2.05) is 0 Å². The first-order valence-corrected chi connectivity index (χ1v) is 8.90. The van der Waals surface area contributed by atoms with Gasteiger partial charge in [-0.1, -0.05) is 58.3 Å². The SMILES string of the molecule is CCCCCCCCCCCC(=O)NC(=O)N1CCOCC1. The fourth-order valence-corrected chi connectivity index (χ4v) is 2.62. The minimum absolute atomic E-state index is 0.153. The predicted molar refractivity (Wildman–Crippen MR) is 87.8 cm³/mol. The zero-order chi connectivity index (χ0) is 16.0. The van der Waals surface area contributed by atoms with Crippen molar-refractivity contribution in [2.45, 2.75) is 71.1 Å². The molecule has 1 heterocycles. The molecular formula is C17H32N2O3. The van der Waals surface area contributed by atoms with Crippen LogP contribution in [0.3, 0.4) is 0 Å².